The van der Waals surface area contributed by atoms with Crippen LogP contribution in [0.4, 0.5) is 15.8 Å². The maximum absolute atomic E-state index is 14.7. The SMILES string of the molecule is Nn1cc(C(=O)O)c(=O)c2cc(F)c(N3CCNCC3)c([N+](=O)[O-])c21. The lowest BCUT2D eigenvalue weighted by Crippen LogP contribution is -2.44. The highest BCUT2D eigenvalue weighted by atomic mass is 19.1. The molecule has 0 radical (unpaired) electrons. The highest BCUT2D eigenvalue weighted by molar-refractivity contribution is 5.98. The minimum atomic E-state index is -1.56. The first kappa shape index (κ1) is 16.6. The van der Waals surface area contributed by atoms with Crippen LogP contribution in [0.1, 0.15) is 10.4 Å². The van der Waals surface area contributed by atoms with Crippen molar-refractivity contribution in [2.75, 3.05) is 36.9 Å². The number of nitrogens with zero attached hydrogens (tertiary/aromatic N) is 3. The summed E-state index contributed by atoms with van der Waals surface area (Å²) in [6, 6.07) is 0.803. The molecule has 1 fully saturated rings. The normalized spacial score (nSPS) is 14.7. The molecule has 0 bridgehead atoms. The van der Waals surface area contributed by atoms with Crippen LogP contribution in [0.5, 0.6) is 0 Å². The monoisotopic (exact) mass is 351 g/mol. The average Bonchev–Trinajstić information content (AvgIpc) is 2.57. The summed E-state index contributed by atoms with van der Waals surface area (Å²) >= 11 is 0. The molecular formula is C14H14FN5O5. The summed E-state index contributed by atoms with van der Waals surface area (Å²) in [5.41, 5.74) is -2.97. The number of nitro benzene ring substituents is 1. The number of carboxylic acids is 1. The lowest BCUT2D eigenvalue weighted by atomic mass is 10.1. The number of benzene rings is 1. The number of nitrogens with one attached hydrogen (secondary N) is 1. The van der Waals surface area contributed by atoms with Crippen LogP contribution in [0.15, 0.2) is 17.1 Å². The predicted octanol–water partition coefficient (Wildman–Crippen LogP) is -0.130. The van der Waals surface area contributed by atoms with Gasteiger partial charge >= 0.3 is 11.7 Å². The minimum Gasteiger partial charge on any atom is -0.477 e. The second-order valence-electron chi connectivity index (χ2n) is 5.53. The summed E-state index contributed by atoms with van der Waals surface area (Å²) in [7, 11) is 0. The quantitative estimate of drug-likeness (QED) is 0.394. The van der Waals surface area contributed by atoms with Gasteiger partial charge < -0.3 is 21.2 Å². The third-order valence-corrected chi connectivity index (χ3v) is 4.06. The zero-order chi connectivity index (χ0) is 18.3. The highest BCUT2D eigenvalue weighted by Crippen LogP contribution is 2.37. The highest BCUT2D eigenvalue weighted by Gasteiger charge is 2.31. The number of carboxylic acid groups (broad SMARTS) is 1. The lowest BCUT2D eigenvalue weighted by Gasteiger charge is -2.29. The number of nitrogen functional groups attached to an aromatic ring is 1. The summed E-state index contributed by atoms with van der Waals surface area (Å²) in [6.45, 7) is 1.71. The first-order chi connectivity index (χ1) is 11.8. The van der Waals surface area contributed by atoms with Crippen molar-refractivity contribution in [3.63, 3.8) is 0 Å². The smallest absolute Gasteiger partial charge is 0.341 e. The fourth-order valence-corrected chi connectivity index (χ4v) is 2.97. The van der Waals surface area contributed by atoms with Crippen molar-refractivity contribution in [2.24, 2.45) is 0 Å². The van der Waals surface area contributed by atoms with Gasteiger partial charge in [-0.05, 0) is 6.07 Å². The van der Waals surface area contributed by atoms with Gasteiger partial charge in [0.15, 0.2) is 17.0 Å². The van der Waals surface area contributed by atoms with E-state index in [9.17, 15) is 24.1 Å². The Bertz CT molecular complexity index is 951. The maximum atomic E-state index is 14.7. The third kappa shape index (κ3) is 2.63. The van der Waals surface area contributed by atoms with Crippen LogP contribution in [0.2, 0.25) is 0 Å². The van der Waals surface area contributed by atoms with Gasteiger partial charge in [-0.2, -0.15) is 0 Å². The molecule has 1 aromatic heterocycles. The molecule has 2 aromatic rings. The van der Waals surface area contributed by atoms with Gasteiger partial charge in [0, 0.05) is 32.4 Å². The first-order valence-electron chi connectivity index (χ1n) is 7.33. The Morgan fingerprint density at radius 3 is 2.60 bits per heavy atom. The van der Waals surface area contributed by atoms with Crippen molar-refractivity contribution in [1.29, 1.82) is 0 Å². The number of hydrogen-bond acceptors (Lipinski definition) is 7. The predicted molar refractivity (Wildman–Crippen MR) is 87.0 cm³/mol. The molecule has 2 heterocycles. The van der Waals surface area contributed by atoms with Gasteiger partial charge in [-0.25, -0.2) is 9.18 Å². The van der Waals surface area contributed by atoms with Crippen molar-refractivity contribution in [3.05, 3.63) is 44.0 Å². The zero-order valence-corrected chi connectivity index (χ0v) is 12.9. The molecule has 11 heteroatoms. The summed E-state index contributed by atoms with van der Waals surface area (Å²) in [6.07, 6.45) is 0.791. The molecule has 0 amide bonds. The molecule has 0 unspecified atom stereocenters. The summed E-state index contributed by atoms with van der Waals surface area (Å²) in [5, 5.41) is 23.3. The van der Waals surface area contributed by atoms with Crippen molar-refractivity contribution in [3.8, 4) is 0 Å². The number of hydrogen-bond donors (Lipinski definition) is 3. The van der Waals surface area contributed by atoms with E-state index in [-0.39, 0.29) is 11.2 Å². The van der Waals surface area contributed by atoms with Gasteiger partial charge in [0.05, 0.1) is 10.3 Å². The molecule has 4 N–H and O–H groups in total. The van der Waals surface area contributed by atoms with Gasteiger partial charge in [-0.3, -0.25) is 19.6 Å². The molecule has 10 nitrogen and oxygen atoms in total. The van der Waals surface area contributed by atoms with E-state index in [1.807, 2.05) is 0 Å². The number of halogens is 1. The molecule has 25 heavy (non-hydrogen) atoms. The van der Waals surface area contributed by atoms with E-state index >= 15 is 0 Å². The van der Waals surface area contributed by atoms with Crippen LogP contribution in [0.25, 0.3) is 10.9 Å². The van der Waals surface area contributed by atoms with Gasteiger partial charge in [-0.15, -0.1) is 0 Å². The fraction of sp³-hybridized carbons (Fsp3) is 0.286. The number of aromatic nitrogens is 1. The number of fused-ring (bicyclic) bond motifs is 1. The van der Waals surface area contributed by atoms with Crippen molar-refractivity contribution in [2.45, 2.75) is 0 Å². The maximum Gasteiger partial charge on any atom is 0.341 e. The molecule has 1 aliphatic heterocycles. The minimum absolute atomic E-state index is 0.263. The van der Waals surface area contributed by atoms with Crippen LogP contribution in [0.3, 0.4) is 0 Å². The third-order valence-electron chi connectivity index (χ3n) is 4.06. The second kappa shape index (κ2) is 6.02. The number of rotatable bonds is 3. The van der Waals surface area contributed by atoms with E-state index < -0.39 is 38.8 Å². The number of pyridine rings is 1. The van der Waals surface area contributed by atoms with Crippen LogP contribution in [0, 0.1) is 15.9 Å². The molecule has 1 saturated heterocycles. The van der Waals surface area contributed by atoms with Crippen molar-refractivity contribution >= 4 is 28.2 Å². The van der Waals surface area contributed by atoms with Gasteiger partial charge in [0.2, 0.25) is 5.43 Å². The summed E-state index contributed by atoms with van der Waals surface area (Å²) in [4.78, 5) is 35.7. The number of anilines is 1. The fourth-order valence-electron chi connectivity index (χ4n) is 2.97. The second-order valence-corrected chi connectivity index (χ2v) is 5.53. The van der Waals surface area contributed by atoms with E-state index in [0.717, 1.165) is 12.3 Å². The molecule has 1 aliphatic rings. The molecule has 0 aliphatic carbocycles. The molecule has 0 spiro atoms. The molecular weight excluding hydrogens is 337 g/mol. The van der Waals surface area contributed by atoms with E-state index in [0.29, 0.717) is 30.9 Å². The Morgan fingerprint density at radius 1 is 1.40 bits per heavy atom. The van der Waals surface area contributed by atoms with E-state index in [1.54, 1.807) is 0 Å². The molecule has 132 valence electrons. The topological polar surface area (TPSA) is 144 Å². The van der Waals surface area contributed by atoms with E-state index in [4.69, 9.17) is 10.9 Å². The van der Waals surface area contributed by atoms with E-state index in [2.05, 4.69) is 5.32 Å². The number of aromatic carboxylic acids is 1. The van der Waals surface area contributed by atoms with Crippen molar-refractivity contribution < 1.29 is 19.2 Å². The number of piperazine rings is 1. The van der Waals surface area contributed by atoms with Crippen LogP contribution in [-0.2, 0) is 0 Å². The average molecular weight is 351 g/mol. The van der Waals surface area contributed by atoms with Gasteiger partial charge in [0.1, 0.15) is 5.56 Å². The summed E-state index contributed by atoms with van der Waals surface area (Å²) in [5.74, 6) is 3.18. The Hall–Kier alpha value is -3.21. The molecule has 0 saturated carbocycles. The molecule has 1 aromatic carbocycles. The molecule has 3 rings (SSSR count). The molecule has 0 atom stereocenters. The first-order valence-corrected chi connectivity index (χ1v) is 7.33. The number of nitro groups is 1. The Balaban J connectivity index is 2.42. The summed E-state index contributed by atoms with van der Waals surface area (Å²) < 4.78 is 15.4. The van der Waals surface area contributed by atoms with E-state index in [1.165, 1.54) is 4.90 Å². The van der Waals surface area contributed by atoms with Crippen LogP contribution in [-0.4, -0.2) is 46.9 Å². The van der Waals surface area contributed by atoms with Gasteiger partial charge in [0.25, 0.3) is 0 Å². The number of carbonyl (C=O) groups is 1. The van der Waals surface area contributed by atoms with Crippen LogP contribution < -0.4 is 21.5 Å². The lowest BCUT2D eigenvalue weighted by molar-refractivity contribution is -0.382. The Kier molecular flexibility index (Phi) is 4.00. The Labute approximate surface area is 139 Å². The largest absolute Gasteiger partial charge is 0.477 e. The van der Waals surface area contributed by atoms with Crippen molar-refractivity contribution in [1.82, 2.24) is 9.99 Å². The van der Waals surface area contributed by atoms with Crippen LogP contribution >= 0.6 is 0 Å². The van der Waals surface area contributed by atoms with Gasteiger partial charge in [-0.1, -0.05) is 0 Å². The standard InChI is InChI=1S/C14H14FN5O5/c15-9-5-7-10(19(16)6-8(13(7)21)14(22)23)12(20(24)25)11(9)18-3-1-17-2-4-18/h5-6,17H,1-4,16H2,(H,22,23). The Morgan fingerprint density at radius 2 is 2.04 bits per heavy atom. The number of nitrogens with two attached hydrogens (primary N) is 1. The zero-order valence-electron chi connectivity index (χ0n) is 12.9.